The Labute approximate surface area is 105 Å². The fraction of sp³-hybridized carbons (Fsp3) is 0. The number of halogens is 3. The molecule has 0 radical (unpaired) electrons. The molecule has 1 rings (SSSR count). The van der Waals surface area contributed by atoms with E-state index in [1.165, 1.54) is 0 Å². The van der Waals surface area contributed by atoms with Gasteiger partial charge >= 0.3 is 5.97 Å². The third-order valence-corrected chi connectivity index (χ3v) is 5.27. The summed E-state index contributed by atoms with van der Waals surface area (Å²) in [5.41, 5.74) is 0.326. The van der Waals surface area contributed by atoms with Crippen molar-refractivity contribution in [3.8, 4) is 0 Å². The van der Waals surface area contributed by atoms with Gasteiger partial charge in [0.2, 0.25) is 0 Å². The van der Waals surface area contributed by atoms with Crippen LogP contribution in [0.2, 0.25) is 0 Å². The minimum absolute atomic E-state index is 0.326. The quantitative estimate of drug-likeness (QED) is 0.524. The van der Waals surface area contributed by atoms with Gasteiger partial charge in [-0.05, 0) is 73.2 Å². The van der Waals surface area contributed by atoms with Gasteiger partial charge in [0.25, 0.3) is 0 Å². The second-order valence-electron chi connectivity index (χ2n) is 2.06. The predicted molar refractivity (Wildman–Crippen MR) is 66.5 cm³/mol. The molecule has 2 nitrogen and oxygen atoms in total. The van der Waals surface area contributed by atoms with Crippen LogP contribution < -0.4 is 0 Å². The van der Waals surface area contributed by atoms with E-state index in [-0.39, 0.29) is 0 Å². The number of carbonyl (C=O) groups is 1. The van der Waals surface area contributed by atoms with Crippen molar-refractivity contribution in [1.82, 2.24) is 0 Å². The zero-order valence-electron chi connectivity index (χ0n) is 5.64. The van der Waals surface area contributed by atoms with Gasteiger partial charge in [-0.3, -0.25) is 0 Å². The number of carboxylic acids is 1. The second kappa shape index (κ2) is 4.23. The molecular weight excluding hydrogens is 450 g/mol. The molecule has 0 saturated carbocycles. The third kappa shape index (κ3) is 2.32. The molecule has 0 amide bonds. The maximum atomic E-state index is 10.6. The standard InChI is InChI=1S/C7H3BrI2O2/c8-6-4(9)1-3(7(11)12)2-5(6)10/h1-2H,(H,11,12). The van der Waals surface area contributed by atoms with Crippen molar-refractivity contribution < 1.29 is 9.90 Å². The minimum atomic E-state index is -0.890. The fourth-order valence-electron chi connectivity index (χ4n) is 0.679. The Hall–Kier alpha value is 0.630. The van der Waals surface area contributed by atoms with Gasteiger partial charge in [-0.1, -0.05) is 0 Å². The molecule has 0 aliphatic rings. The predicted octanol–water partition coefficient (Wildman–Crippen LogP) is 3.36. The van der Waals surface area contributed by atoms with Crippen molar-refractivity contribution in [2.75, 3.05) is 0 Å². The molecule has 64 valence electrons. The summed E-state index contributed by atoms with van der Waals surface area (Å²) in [6, 6.07) is 3.27. The minimum Gasteiger partial charge on any atom is -0.478 e. The fourth-order valence-corrected chi connectivity index (χ4v) is 2.68. The van der Waals surface area contributed by atoms with Gasteiger partial charge in [0.05, 0.1) is 5.56 Å². The van der Waals surface area contributed by atoms with Gasteiger partial charge in [-0.15, -0.1) is 0 Å². The molecule has 0 heterocycles. The SMILES string of the molecule is O=C(O)c1cc(I)c(Br)c(I)c1. The average Bonchev–Trinajstić information content (AvgIpc) is 1.99. The highest BCUT2D eigenvalue weighted by molar-refractivity contribution is 14.1. The van der Waals surface area contributed by atoms with Gasteiger partial charge in [0.1, 0.15) is 0 Å². The van der Waals surface area contributed by atoms with Crippen molar-refractivity contribution in [1.29, 1.82) is 0 Å². The van der Waals surface area contributed by atoms with Gasteiger partial charge in [-0.25, -0.2) is 4.79 Å². The Morgan fingerprint density at radius 2 is 1.75 bits per heavy atom. The monoisotopic (exact) mass is 452 g/mol. The van der Waals surface area contributed by atoms with Crippen LogP contribution >= 0.6 is 61.1 Å². The molecule has 0 aromatic heterocycles. The largest absolute Gasteiger partial charge is 0.478 e. The van der Waals surface area contributed by atoms with E-state index in [9.17, 15) is 4.79 Å². The number of carboxylic acid groups (broad SMARTS) is 1. The first kappa shape index (κ1) is 10.7. The van der Waals surface area contributed by atoms with Crippen molar-refractivity contribution >= 4 is 67.1 Å². The van der Waals surface area contributed by atoms with Gasteiger partial charge in [0, 0.05) is 11.6 Å². The summed E-state index contributed by atoms with van der Waals surface area (Å²) in [6.45, 7) is 0. The van der Waals surface area contributed by atoms with Crippen molar-refractivity contribution in [3.05, 3.63) is 29.3 Å². The lowest BCUT2D eigenvalue weighted by Crippen LogP contribution is -1.98. The third-order valence-electron chi connectivity index (χ3n) is 1.23. The maximum absolute atomic E-state index is 10.6. The molecule has 0 unspecified atom stereocenters. The summed E-state index contributed by atoms with van der Waals surface area (Å²) in [5.74, 6) is -0.890. The van der Waals surface area contributed by atoms with Crippen LogP contribution in [0.1, 0.15) is 10.4 Å². The lowest BCUT2D eigenvalue weighted by Gasteiger charge is -2.01. The van der Waals surface area contributed by atoms with E-state index in [1.807, 2.05) is 0 Å². The van der Waals surface area contributed by atoms with Crippen LogP contribution in [0.3, 0.4) is 0 Å². The van der Waals surface area contributed by atoms with Crippen LogP contribution in [0.5, 0.6) is 0 Å². The highest BCUT2D eigenvalue weighted by Gasteiger charge is 2.08. The lowest BCUT2D eigenvalue weighted by molar-refractivity contribution is 0.0696. The summed E-state index contributed by atoms with van der Waals surface area (Å²) in [4.78, 5) is 10.6. The molecule has 5 heteroatoms. The summed E-state index contributed by atoms with van der Waals surface area (Å²) >= 11 is 7.54. The van der Waals surface area contributed by atoms with E-state index >= 15 is 0 Å². The van der Waals surface area contributed by atoms with Crippen molar-refractivity contribution in [2.45, 2.75) is 0 Å². The van der Waals surface area contributed by atoms with Gasteiger partial charge < -0.3 is 5.11 Å². The molecule has 0 atom stereocenters. The van der Waals surface area contributed by atoms with Crippen LogP contribution in [0.15, 0.2) is 16.6 Å². The number of hydrogen-bond donors (Lipinski definition) is 1. The van der Waals surface area contributed by atoms with Crippen LogP contribution in [0.25, 0.3) is 0 Å². The van der Waals surface area contributed by atoms with E-state index in [0.29, 0.717) is 5.56 Å². The molecule has 0 aliphatic carbocycles. The average molecular weight is 453 g/mol. The first-order valence-corrected chi connectivity index (χ1v) is 5.85. The Balaban J connectivity index is 3.31. The highest BCUT2D eigenvalue weighted by atomic mass is 127. The molecule has 0 bridgehead atoms. The van der Waals surface area contributed by atoms with E-state index in [2.05, 4.69) is 61.1 Å². The normalized spacial score (nSPS) is 9.92. The maximum Gasteiger partial charge on any atom is 0.335 e. The zero-order chi connectivity index (χ0) is 9.30. The van der Waals surface area contributed by atoms with Crippen molar-refractivity contribution in [2.24, 2.45) is 0 Å². The second-order valence-corrected chi connectivity index (χ2v) is 5.18. The molecular formula is C7H3BrI2O2. The van der Waals surface area contributed by atoms with E-state index < -0.39 is 5.97 Å². The Bertz CT molecular complexity index is 315. The van der Waals surface area contributed by atoms with Crippen molar-refractivity contribution in [3.63, 3.8) is 0 Å². The van der Waals surface area contributed by atoms with Crippen LogP contribution in [-0.2, 0) is 0 Å². The first-order valence-electron chi connectivity index (χ1n) is 2.90. The zero-order valence-corrected chi connectivity index (χ0v) is 11.5. The number of rotatable bonds is 1. The number of aromatic carboxylic acids is 1. The van der Waals surface area contributed by atoms with Gasteiger partial charge in [0.15, 0.2) is 0 Å². The summed E-state index contributed by atoms with van der Waals surface area (Å²) < 4.78 is 2.78. The lowest BCUT2D eigenvalue weighted by atomic mass is 10.2. The topological polar surface area (TPSA) is 37.3 Å². The molecule has 0 saturated heterocycles. The molecule has 12 heavy (non-hydrogen) atoms. The number of benzene rings is 1. The molecule has 1 aromatic carbocycles. The summed E-state index contributed by atoms with van der Waals surface area (Å²) in [7, 11) is 0. The molecule has 1 aromatic rings. The van der Waals surface area contributed by atoms with Crippen LogP contribution in [0, 0.1) is 7.14 Å². The summed E-state index contributed by atoms with van der Waals surface area (Å²) in [5, 5.41) is 8.70. The molecule has 1 N–H and O–H groups in total. The summed E-state index contributed by atoms with van der Waals surface area (Å²) in [6.07, 6.45) is 0. The Morgan fingerprint density at radius 1 is 1.33 bits per heavy atom. The number of hydrogen-bond acceptors (Lipinski definition) is 1. The van der Waals surface area contributed by atoms with E-state index in [1.54, 1.807) is 12.1 Å². The van der Waals surface area contributed by atoms with Gasteiger partial charge in [-0.2, -0.15) is 0 Å². The Kier molecular flexibility index (Phi) is 3.77. The Morgan fingerprint density at radius 3 is 2.08 bits per heavy atom. The van der Waals surface area contributed by atoms with E-state index in [0.717, 1.165) is 11.6 Å². The van der Waals surface area contributed by atoms with Crippen LogP contribution in [0.4, 0.5) is 0 Å². The molecule has 0 spiro atoms. The van der Waals surface area contributed by atoms with E-state index in [4.69, 9.17) is 5.11 Å². The highest BCUT2D eigenvalue weighted by Crippen LogP contribution is 2.26. The van der Waals surface area contributed by atoms with Crippen LogP contribution in [-0.4, -0.2) is 11.1 Å². The molecule has 0 fully saturated rings. The smallest absolute Gasteiger partial charge is 0.335 e. The molecule has 0 aliphatic heterocycles. The first-order chi connectivity index (χ1) is 5.52.